The average molecular weight is 480 g/mol. The molecule has 1 amide bonds. The Balaban J connectivity index is 0.00000363. The summed E-state index contributed by atoms with van der Waals surface area (Å²) in [5.41, 5.74) is 1.25. The van der Waals surface area contributed by atoms with E-state index >= 15 is 0 Å². The van der Waals surface area contributed by atoms with Gasteiger partial charge < -0.3 is 19.1 Å². The smallest absolute Gasteiger partial charge is 0.260 e. The van der Waals surface area contributed by atoms with Crippen molar-refractivity contribution >= 4 is 45.0 Å². The Kier molecular flexibility index (Phi) is 9.56. The second-order valence-electron chi connectivity index (χ2n) is 6.89. The molecule has 3 rings (SSSR count). The van der Waals surface area contributed by atoms with Gasteiger partial charge in [0.15, 0.2) is 5.13 Å². The van der Waals surface area contributed by atoms with Crippen LogP contribution in [0.5, 0.6) is 17.2 Å². The van der Waals surface area contributed by atoms with Crippen LogP contribution >= 0.6 is 23.7 Å². The van der Waals surface area contributed by atoms with Crippen molar-refractivity contribution in [2.75, 3.05) is 52.4 Å². The van der Waals surface area contributed by atoms with Gasteiger partial charge in [-0.1, -0.05) is 31.3 Å². The van der Waals surface area contributed by atoms with E-state index < -0.39 is 0 Å². The Labute approximate surface area is 199 Å². The second kappa shape index (κ2) is 11.9. The number of thiazole rings is 1. The number of anilines is 1. The van der Waals surface area contributed by atoms with Crippen molar-refractivity contribution in [3.63, 3.8) is 0 Å². The van der Waals surface area contributed by atoms with E-state index in [0.717, 1.165) is 29.9 Å². The zero-order valence-electron chi connectivity index (χ0n) is 19.1. The standard InChI is InChI=1S/C23H29N3O4S.ClH/c1-6-25(7-2)11-12-26(22(27)16-13-17(28-3)15-18(14-16)29-4)23-24-21-19(30-5)9-8-10-20(21)31-23;/h8-10,13-15H,6-7,11-12H2,1-5H3;1H. The van der Waals surface area contributed by atoms with E-state index in [1.54, 1.807) is 44.4 Å². The molecule has 0 radical (unpaired) electrons. The van der Waals surface area contributed by atoms with Crippen LogP contribution in [0.25, 0.3) is 10.2 Å². The molecular weight excluding hydrogens is 450 g/mol. The molecule has 0 spiro atoms. The first kappa shape index (κ1) is 25.7. The molecule has 174 valence electrons. The van der Waals surface area contributed by atoms with Crippen LogP contribution in [0.4, 0.5) is 5.13 Å². The Morgan fingerprint density at radius 2 is 1.62 bits per heavy atom. The van der Waals surface area contributed by atoms with E-state index in [1.165, 1.54) is 11.3 Å². The third-order valence-electron chi connectivity index (χ3n) is 5.20. The number of halogens is 1. The fourth-order valence-electron chi connectivity index (χ4n) is 3.34. The molecule has 0 atom stereocenters. The molecule has 2 aromatic carbocycles. The minimum absolute atomic E-state index is 0. The number of benzene rings is 2. The van der Waals surface area contributed by atoms with Crippen molar-refractivity contribution in [3.8, 4) is 17.2 Å². The van der Waals surface area contributed by atoms with Gasteiger partial charge >= 0.3 is 0 Å². The maximum atomic E-state index is 13.6. The first-order chi connectivity index (χ1) is 15.0. The molecule has 1 heterocycles. The summed E-state index contributed by atoms with van der Waals surface area (Å²) < 4.78 is 17.1. The highest BCUT2D eigenvalue weighted by Crippen LogP contribution is 2.35. The van der Waals surface area contributed by atoms with Crippen LogP contribution in [0, 0.1) is 0 Å². The van der Waals surface area contributed by atoms with Crippen LogP contribution in [-0.4, -0.2) is 63.3 Å². The molecule has 32 heavy (non-hydrogen) atoms. The number of para-hydroxylation sites is 1. The molecule has 0 bridgehead atoms. The van der Waals surface area contributed by atoms with Crippen molar-refractivity contribution < 1.29 is 19.0 Å². The number of carbonyl (C=O) groups excluding carboxylic acids is 1. The van der Waals surface area contributed by atoms with Gasteiger partial charge in [-0.3, -0.25) is 9.69 Å². The van der Waals surface area contributed by atoms with Gasteiger partial charge in [0.1, 0.15) is 22.8 Å². The first-order valence-electron chi connectivity index (χ1n) is 10.2. The van der Waals surface area contributed by atoms with Gasteiger partial charge in [-0.05, 0) is 37.4 Å². The van der Waals surface area contributed by atoms with Crippen molar-refractivity contribution in [2.24, 2.45) is 0 Å². The topological polar surface area (TPSA) is 64.1 Å². The van der Waals surface area contributed by atoms with Gasteiger partial charge in [0.2, 0.25) is 0 Å². The lowest BCUT2D eigenvalue weighted by molar-refractivity contribution is 0.0983. The number of nitrogens with zero attached hydrogens (tertiary/aromatic N) is 3. The van der Waals surface area contributed by atoms with Gasteiger partial charge in [-0.2, -0.15) is 0 Å². The predicted molar refractivity (Wildman–Crippen MR) is 132 cm³/mol. The van der Waals surface area contributed by atoms with Crippen molar-refractivity contribution in [3.05, 3.63) is 42.0 Å². The van der Waals surface area contributed by atoms with Crippen LogP contribution in [0.3, 0.4) is 0 Å². The maximum Gasteiger partial charge on any atom is 0.260 e. The summed E-state index contributed by atoms with van der Waals surface area (Å²) in [5, 5.41) is 0.637. The van der Waals surface area contributed by atoms with Crippen molar-refractivity contribution in [2.45, 2.75) is 13.8 Å². The van der Waals surface area contributed by atoms with Crippen LogP contribution in [0.2, 0.25) is 0 Å². The average Bonchev–Trinajstić information content (AvgIpc) is 3.25. The zero-order chi connectivity index (χ0) is 22.4. The highest BCUT2D eigenvalue weighted by Gasteiger charge is 2.24. The summed E-state index contributed by atoms with van der Waals surface area (Å²) in [4.78, 5) is 22.4. The zero-order valence-corrected chi connectivity index (χ0v) is 20.7. The number of fused-ring (bicyclic) bond motifs is 1. The minimum Gasteiger partial charge on any atom is -0.497 e. The van der Waals surface area contributed by atoms with E-state index in [-0.39, 0.29) is 18.3 Å². The molecule has 0 aliphatic rings. The fourth-order valence-corrected chi connectivity index (χ4v) is 4.35. The van der Waals surface area contributed by atoms with E-state index in [2.05, 4.69) is 18.7 Å². The van der Waals surface area contributed by atoms with E-state index in [4.69, 9.17) is 19.2 Å². The Hall–Kier alpha value is -2.55. The molecule has 0 saturated heterocycles. The molecule has 0 unspecified atom stereocenters. The first-order valence-corrected chi connectivity index (χ1v) is 11.1. The van der Waals surface area contributed by atoms with Gasteiger partial charge in [0.05, 0.1) is 26.0 Å². The lowest BCUT2D eigenvalue weighted by Crippen LogP contribution is -2.38. The third-order valence-corrected chi connectivity index (χ3v) is 6.24. The third kappa shape index (κ3) is 5.62. The normalized spacial score (nSPS) is 10.7. The molecule has 0 saturated carbocycles. The molecule has 0 aliphatic carbocycles. The SMILES string of the molecule is CCN(CC)CCN(C(=O)c1cc(OC)cc(OC)c1)c1nc2c(OC)cccc2s1.Cl. The molecule has 0 fully saturated rings. The number of carbonyl (C=O) groups is 1. The summed E-state index contributed by atoms with van der Waals surface area (Å²) in [6, 6.07) is 11.0. The van der Waals surface area contributed by atoms with E-state index in [1.807, 2.05) is 18.2 Å². The molecule has 3 aromatic rings. The predicted octanol–water partition coefficient (Wildman–Crippen LogP) is 4.73. The molecule has 0 aliphatic heterocycles. The van der Waals surface area contributed by atoms with Crippen LogP contribution < -0.4 is 19.1 Å². The number of ether oxygens (including phenoxy) is 3. The number of hydrogen-bond donors (Lipinski definition) is 0. The second-order valence-corrected chi connectivity index (χ2v) is 7.90. The number of rotatable bonds is 10. The van der Waals surface area contributed by atoms with Gasteiger partial charge in [-0.25, -0.2) is 4.98 Å². The maximum absolute atomic E-state index is 13.6. The van der Waals surface area contributed by atoms with Crippen LogP contribution in [-0.2, 0) is 0 Å². The summed E-state index contributed by atoms with van der Waals surface area (Å²) in [6.07, 6.45) is 0. The fraction of sp³-hybridized carbons (Fsp3) is 0.391. The molecule has 7 nitrogen and oxygen atoms in total. The van der Waals surface area contributed by atoms with E-state index in [9.17, 15) is 4.79 Å². The van der Waals surface area contributed by atoms with Crippen molar-refractivity contribution in [1.82, 2.24) is 9.88 Å². The number of aromatic nitrogens is 1. The van der Waals surface area contributed by atoms with Gasteiger partial charge in [-0.15, -0.1) is 12.4 Å². The summed E-state index contributed by atoms with van der Waals surface area (Å²) in [5.74, 6) is 1.68. The quantitative estimate of drug-likeness (QED) is 0.418. The monoisotopic (exact) mass is 479 g/mol. The largest absolute Gasteiger partial charge is 0.497 e. The van der Waals surface area contributed by atoms with Crippen LogP contribution in [0.1, 0.15) is 24.2 Å². The van der Waals surface area contributed by atoms with Crippen molar-refractivity contribution in [1.29, 1.82) is 0 Å². The summed E-state index contributed by atoms with van der Waals surface area (Å²) in [7, 11) is 4.77. The number of methoxy groups -OCH3 is 3. The number of amides is 1. The summed E-state index contributed by atoms with van der Waals surface area (Å²) in [6.45, 7) is 7.32. The number of likely N-dealkylation sites (N-methyl/N-ethyl adjacent to an activating group) is 1. The van der Waals surface area contributed by atoms with Crippen LogP contribution in [0.15, 0.2) is 36.4 Å². The number of hydrogen-bond acceptors (Lipinski definition) is 7. The Morgan fingerprint density at radius 1 is 0.969 bits per heavy atom. The molecule has 9 heteroatoms. The lowest BCUT2D eigenvalue weighted by atomic mass is 10.1. The molecule has 0 N–H and O–H groups in total. The highest BCUT2D eigenvalue weighted by atomic mass is 35.5. The van der Waals surface area contributed by atoms with Gasteiger partial charge in [0, 0.05) is 24.7 Å². The molecule has 1 aromatic heterocycles. The Bertz CT molecular complexity index is 1020. The summed E-state index contributed by atoms with van der Waals surface area (Å²) >= 11 is 1.48. The molecular formula is C23H30ClN3O4S. The van der Waals surface area contributed by atoms with E-state index in [0.29, 0.717) is 34.5 Å². The Morgan fingerprint density at radius 3 is 2.19 bits per heavy atom. The minimum atomic E-state index is -0.151. The van der Waals surface area contributed by atoms with Gasteiger partial charge in [0.25, 0.3) is 5.91 Å². The lowest BCUT2D eigenvalue weighted by Gasteiger charge is -2.25. The highest BCUT2D eigenvalue weighted by molar-refractivity contribution is 7.22.